The molecule has 1 saturated heterocycles. The number of ether oxygens (including phenoxy) is 2. The van der Waals surface area contributed by atoms with Crippen molar-refractivity contribution in [3.05, 3.63) is 30.9 Å². The molecule has 0 spiro atoms. The average molecular weight is 495 g/mol. The number of morpholine rings is 1. The predicted molar refractivity (Wildman–Crippen MR) is 133 cm³/mol. The van der Waals surface area contributed by atoms with Crippen molar-refractivity contribution in [3.63, 3.8) is 0 Å². The molecule has 2 aliphatic rings. The topological polar surface area (TPSA) is 149 Å². The van der Waals surface area contributed by atoms with Crippen molar-refractivity contribution in [2.24, 2.45) is 7.05 Å². The number of nitrogen functional groups attached to an aromatic ring is 1. The summed E-state index contributed by atoms with van der Waals surface area (Å²) in [6.45, 7) is 3.97. The lowest BCUT2D eigenvalue weighted by atomic mass is 9.88. The summed E-state index contributed by atoms with van der Waals surface area (Å²) in [5.74, 6) is 1.24. The SMILES string of the molecule is C[C@H]1COCCN1c1nc(OC2CC(N(C)C(=O)Nc3cnn(C)c3)C2)cc(-c2cnc(N)nc2)n1. The van der Waals surface area contributed by atoms with Crippen molar-refractivity contribution in [1.29, 1.82) is 0 Å². The molecule has 3 aromatic rings. The summed E-state index contributed by atoms with van der Waals surface area (Å²) in [6, 6.07) is 1.81. The number of nitrogens with two attached hydrogens (primary N) is 1. The Morgan fingerprint density at radius 2 is 2.03 bits per heavy atom. The molecule has 1 atom stereocenters. The molecule has 1 saturated carbocycles. The van der Waals surface area contributed by atoms with E-state index < -0.39 is 0 Å². The maximum atomic E-state index is 12.6. The molecule has 13 heteroatoms. The maximum Gasteiger partial charge on any atom is 0.321 e. The molecule has 0 bridgehead atoms. The van der Waals surface area contributed by atoms with Crippen LogP contribution in [-0.4, -0.2) is 85.6 Å². The van der Waals surface area contributed by atoms with E-state index in [1.807, 2.05) is 0 Å². The van der Waals surface area contributed by atoms with E-state index in [1.165, 1.54) is 0 Å². The Kier molecular flexibility index (Phi) is 6.55. The molecule has 0 unspecified atom stereocenters. The zero-order valence-electron chi connectivity index (χ0n) is 20.5. The van der Waals surface area contributed by atoms with Crippen LogP contribution in [0, 0.1) is 0 Å². The fourth-order valence-corrected chi connectivity index (χ4v) is 4.23. The van der Waals surface area contributed by atoms with Gasteiger partial charge in [0, 0.05) is 69.7 Å². The number of nitrogens with one attached hydrogen (secondary N) is 1. The molecule has 3 aromatic heterocycles. The normalized spacial score (nSPS) is 21.5. The van der Waals surface area contributed by atoms with Crippen LogP contribution in [0.15, 0.2) is 30.9 Å². The Bertz CT molecular complexity index is 1210. The van der Waals surface area contributed by atoms with Gasteiger partial charge in [0.25, 0.3) is 0 Å². The highest BCUT2D eigenvalue weighted by atomic mass is 16.5. The second kappa shape index (κ2) is 9.93. The molecule has 36 heavy (non-hydrogen) atoms. The highest BCUT2D eigenvalue weighted by molar-refractivity contribution is 5.89. The summed E-state index contributed by atoms with van der Waals surface area (Å²) in [5.41, 5.74) is 7.68. The van der Waals surface area contributed by atoms with Gasteiger partial charge in [0.05, 0.1) is 36.8 Å². The molecule has 1 aliphatic carbocycles. The second-order valence-electron chi connectivity index (χ2n) is 9.15. The van der Waals surface area contributed by atoms with E-state index in [2.05, 4.69) is 32.2 Å². The van der Waals surface area contributed by atoms with E-state index in [4.69, 9.17) is 25.2 Å². The van der Waals surface area contributed by atoms with Gasteiger partial charge in [0.15, 0.2) is 0 Å². The molecule has 190 valence electrons. The van der Waals surface area contributed by atoms with E-state index in [9.17, 15) is 4.79 Å². The lowest BCUT2D eigenvalue weighted by molar-refractivity contribution is 0.0430. The van der Waals surface area contributed by atoms with Gasteiger partial charge in [0.2, 0.25) is 17.8 Å². The summed E-state index contributed by atoms with van der Waals surface area (Å²) in [5, 5.41) is 6.93. The quantitative estimate of drug-likeness (QED) is 0.517. The molecule has 5 rings (SSSR count). The van der Waals surface area contributed by atoms with Gasteiger partial charge in [-0.1, -0.05) is 0 Å². The zero-order valence-corrected chi connectivity index (χ0v) is 20.5. The first-order valence-electron chi connectivity index (χ1n) is 11.9. The van der Waals surface area contributed by atoms with Crippen LogP contribution in [0.25, 0.3) is 11.3 Å². The van der Waals surface area contributed by atoms with Gasteiger partial charge in [-0.25, -0.2) is 19.7 Å². The van der Waals surface area contributed by atoms with Gasteiger partial charge in [-0.15, -0.1) is 0 Å². The monoisotopic (exact) mass is 494 g/mol. The summed E-state index contributed by atoms with van der Waals surface area (Å²) in [7, 11) is 3.59. The fourth-order valence-electron chi connectivity index (χ4n) is 4.23. The molecular formula is C23H30N10O3. The smallest absolute Gasteiger partial charge is 0.321 e. The number of aromatic nitrogens is 6. The van der Waals surface area contributed by atoms with Crippen LogP contribution in [0.1, 0.15) is 19.8 Å². The van der Waals surface area contributed by atoms with Gasteiger partial charge >= 0.3 is 6.03 Å². The van der Waals surface area contributed by atoms with Crippen molar-refractivity contribution in [2.75, 3.05) is 42.8 Å². The van der Waals surface area contributed by atoms with E-state index in [0.717, 1.165) is 5.56 Å². The number of anilines is 3. The Morgan fingerprint density at radius 3 is 2.72 bits per heavy atom. The molecular weight excluding hydrogens is 464 g/mol. The number of rotatable bonds is 6. The molecule has 4 heterocycles. The van der Waals surface area contributed by atoms with Crippen LogP contribution < -0.4 is 20.7 Å². The van der Waals surface area contributed by atoms with Gasteiger partial charge in [0.1, 0.15) is 6.10 Å². The number of nitrogens with zero attached hydrogens (tertiary/aromatic N) is 8. The number of carbonyl (C=O) groups excluding carboxylic acids is 1. The first-order valence-corrected chi connectivity index (χ1v) is 11.9. The van der Waals surface area contributed by atoms with E-state index >= 15 is 0 Å². The van der Waals surface area contributed by atoms with Gasteiger partial charge in [-0.05, 0) is 6.92 Å². The molecule has 3 N–H and O–H groups in total. The Morgan fingerprint density at radius 1 is 1.25 bits per heavy atom. The Balaban J connectivity index is 1.28. The minimum Gasteiger partial charge on any atom is -0.474 e. The largest absolute Gasteiger partial charge is 0.474 e. The number of amides is 2. The predicted octanol–water partition coefficient (Wildman–Crippen LogP) is 1.55. The van der Waals surface area contributed by atoms with Gasteiger partial charge in [-0.2, -0.15) is 10.1 Å². The molecule has 0 radical (unpaired) electrons. The number of hydrogen-bond acceptors (Lipinski definition) is 10. The minimum absolute atomic E-state index is 0.0657. The first-order chi connectivity index (χ1) is 17.4. The minimum atomic E-state index is -0.178. The molecule has 0 aromatic carbocycles. The molecule has 13 nitrogen and oxygen atoms in total. The second-order valence-corrected chi connectivity index (χ2v) is 9.15. The lowest BCUT2D eigenvalue weighted by Crippen LogP contribution is -2.51. The van der Waals surface area contributed by atoms with Crippen LogP contribution in [-0.2, 0) is 11.8 Å². The standard InChI is InChI=1S/C23H30N10O3/c1-14-13-35-5-4-33(14)22-29-19(15-9-25-21(24)26-10-15)8-20(30-22)36-18-6-17(7-18)32(3)23(34)28-16-11-27-31(2)12-16/h8-12,14,17-18H,4-7,13H2,1-3H3,(H,28,34)(H2,24,25,26)/t14-,17?,18?/m0/s1. The van der Waals surface area contributed by atoms with Gasteiger partial charge < -0.3 is 30.3 Å². The number of aryl methyl sites for hydroxylation is 1. The van der Waals surface area contributed by atoms with Crippen LogP contribution in [0.5, 0.6) is 5.88 Å². The van der Waals surface area contributed by atoms with Crippen molar-refractivity contribution in [1.82, 2.24) is 34.6 Å². The molecule has 1 aliphatic heterocycles. The van der Waals surface area contributed by atoms with Crippen LogP contribution in [0.2, 0.25) is 0 Å². The third kappa shape index (κ3) is 5.15. The summed E-state index contributed by atoms with van der Waals surface area (Å²) >= 11 is 0. The highest BCUT2D eigenvalue weighted by Crippen LogP contribution is 2.32. The Hall–Kier alpha value is -4.00. The van der Waals surface area contributed by atoms with E-state index in [1.54, 1.807) is 54.5 Å². The Labute approximate surface area is 208 Å². The zero-order chi connectivity index (χ0) is 25.2. The number of carbonyl (C=O) groups is 1. The van der Waals surface area contributed by atoms with E-state index in [0.29, 0.717) is 55.8 Å². The first kappa shape index (κ1) is 23.7. The number of hydrogen-bond donors (Lipinski definition) is 2. The van der Waals surface area contributed by atoms with Crippen molar-refractivity contribution < 1.29 is 14.3 Å². The highest BCUT2D eigenvalue weighted by Gasteiger charge is 2.36. The summed E-state index contributed by atoms with van der Waals surface area (Å²) < 4.78 is 13.4. The molecule has 2 amide bonds. The fraction of sp³-hybridized carbons (Fsp3) is 0.478. The lowest BCUT2D eigenvalue weighted by Gasteiger charge is -2.40. The third-order valence-electron chi connectivity index (χ3n) is 6.46. The van der Waals surface area contributed by atoms with Crippen LogP contribution >= 0.6 is 0 Å². The van der Waals surface area contributed by atoms with Crippen molar-refractivity contribution in [2.45, 2.75) is 38.0 Å². The van der Waals surface area contributed by atoms with Gasteiger partial charge in [-0.3, -0.25) is 4.68 Å². The average Bonchev–Trinajstić information content (AvgIpc) is 3.25. The third-order valence-corrected chi connectivity index (χ3v) is 6.46. The van der Waals surface area contributed by atoms with Crippen LogP contribution in [0.4, 0.5) is 22.4 Å². The van der Waals surface area contributed by atoms with Crippen molar-refractivity contribution >= 4 is 23.6 Å². The summed E-state index contributed by atoms with van der Waals surface area (Å²) in [6.07, 6.45) is 7.97. The van der Waals surface area contributed by atoms with E-state index in [-0.39, 0.29) is 30.2 Å². The summed E-state index contributed by atoms with van der Waals surface area (Å²) in [4.78, 5) is 34.0. The maximum absolute atomic E-state index is 12.6. The van der Waals surface area contributed by atoms with Crippen molar-refractivity contribution in [3.8, 4) is 17.1 Å². The number of urea groups is 1. The van der Waals surface area contributed by atoms with Crippen LogP contribution in [0.3, 0.4) is 0 Å². The molecule has 2 fully saturated rings.